The molecule has 3 rings (SSSR count). The van der Waals surface area contributed by atoms with Gasteiger partial charge in [-0.05, 0) is 23.8 Å². The Balaban J connectivity index is 1.96. The standard InChI is InChI=1S/C16H13F2N3/c17-12-6-7-14(18)13(8-12)16-15(19)10-21(20-16)9-11-4-2-1-3-5-11/h1-8,10H,9,19H2. The van der Waals surface area contributed by atoms with E-state index in [0.717, 1.165) is 23.8 Å². The van der Waals surface area contributed by atoms with Crippen molar-refractivity contribution in [1.29, 1.82) is 0 Å². The van der Waals surface area contributed by atoms with E-state index >= 15 is 0 Å². The van der Waals surface area contributed by atoms with Gasteiger partial charge in [-0.3, -0.25) is 4.68 Å². The van der Waals surface area contributed by atoms with Gasteiger partial charge < -0.3 is 5.73 Å². The van der Waals surface area contributed by atoms with Gasteiger partial charge in [-0.2, -0.15) is 5.10 Å². The second kappa shape index (κ2) is 5.36. The van der Waals surface area contributed by atoms with E-state index in [1.165, 1.54) is 0 Å². The first kappa shape index (κ1) is 13.3. The van der Waals surface area contributed by atoms with E-state index in [1.807, 2.05) is 30.3 Å². The maximum Gasteiger partial charge on any atom is 0.132 e. The molecule has 2 N–H and O–H groups in total. The lowest BCUT2D eigenvalue weighted by atomic mass is 10.1. The van der Waals surface area contributed by atoms with Crippen LogP contribution in [0.4, 0.5) is 14.5 Å². The van der Waals surface area contributed by atoms with Crippen molar-refractivity contribution in [3.8, 4) is 11.3 Å². The molecule has 3 nitrogen and oxygen atoms in total. The highest BCUT2D eigenvalue weighted by atomic mass is 19.1. The summed E-state index contributed by atoms with van der Waals surface area (Å²) in [6, 6.07) is 12.9. The third kappa shape index (κ3) is 2.76. The van der Waals surface area contributed by atoms with Crippen LogP contribution < -0.4 is 5.73 Å². The lowest BCUT2D eigenvalue weighted by Gasteiger charge is -2.02. The first-order valence-corrected chi connectivity index (χ1v) is 6.46. The van der Waals surface area contributed by atoms with Crippen molar-refractivity contribution in [3.63, 3.8) is 0 Å². The van der Waals surface area contributed by atoms with Gasteiger partial charge >= 0.3 is 0 Å². The summed E-state index contributed by atoms with van der Waals surface area (Å²) in [7, 11) is 0. The summed E-state index contributed by atoms with van der Waals surface area (Å²) in [5.74, 6) is -1.07. The van der Waals surface area contributed by atoms with Gasteiger partial charge in [0.1, 0.15) is 17.3 Å². The second-order valence-corrected chi connectivity index (χ2v) is 4.74. The van der Waals surface area contributed by atoms with Crippen molar-refractivity contribution in [2.45, 2.75) is 6.54 Å². The fourth-order valence-corrected chi connectivity index (χ4v) is 2.18. The molecule has 1 heterocycles. The van der Waals surface area contributed by atoms with Crippen LogP contribution in [0.3, 0.4) is 0 Å². The number of nitrogens with two attached hydrogens (primary N) is 1. The van der Waals surface area contributed by atoms with E-state index in [9.17, 15) is 8.78 Å². The minimum atomic E-state index is -0.548. The number of hydrogen-bond acceptors (Lipinski definition) is 2. The summed E-state index contributed by atoms with van der Waals surface area (Å²) in [5.41, 5.74) is 7.56. The number of halogens is 2. The average molecular weight is 285 g/mol. The normalized spacial score (nSPS) is 10.8. The highest BCUT2D eigenvalue weighted by Crippen LogP contribution is 2.27. The van der Waals surface area contributed by atoms with Gasteiger partial charge in [-0.1, -0.05) is 30.3 Å². The van der Waals surface area contributed by atoms with Crippen LogP contribution in [-0.4, -0.2) is 9.78 Å². The van der Waals surface area contributed by atoms with Crippen molar-refractivity contribution in [2.24, 2.45) is 0 Å². The van der Waals surface area contributed by atoms with E-state index in [1.54, 1.807) is 10.9 Å². The lowest BCUT2D eigenvalue weighted by molar-refractivity contribution is 0.601. The summed E-state index contributed by atoms with van der Waals surface area (Å²) in [5, 5.41) is 4.26. The zero-order valence-corrected chi connectivity index (χ0v) is 11.1. The molecule has 5 heteroatoms. The van der Waals surface area contributed by atoms with Crippen molar-refractivity contribution in [2.75, 3.05) is 5.73 Å². The molecule has 0 atom stereocenters. The van der Waals surface area contributed by atoms with E-state index in [4.69, 9.17) is 5.73 Å². The molecule has 0 spiro atoms. The first-order valence-electron chi connectivity index (χ1n) is 6.46. The smallest absolute Gasteiger partial charge is 0.132 e. The Labute approximate surface area is 120 Å². The van der Waals surface area contributed by atoms with E-state index in [2.05, 4.69) is 5.10 Å². The van der Waals surface area contributed by atoms with Gasteiger partial charge in [0.2, 0.25) is 0 Å². The Morgan fingerprint density at radius 2 is 1.81 bits per heavy atom. The molecule has 0 amide bonds. The molecule has 0 aliphatic heterocycles. The van der Waals surface area contributed by atoms with Crippen LogP contribution in [0.15, 0.2) is 54.7 Å². The molecule has 0 bridgehead atoms. The zero-order valence-electron chi connectivity index (χ0n) is 11.1. The first-order chi connectivity index (χ1) is 10.1. The number of anilines is 1. The molecule has 2 aromatic carbocycles. The van der Waals surface area contributed by atoms with Gasteiger partial charge in [-0.25, -0.2) is 8.78 Å². The number of aromatic nitrogens is 2. The van der Waals surface area contributed by atoms with Crippen LogP contribution in [0.25, 0.3) is 11.3 Å². The number of hydrogen-bond donors (Lipinski definition) is 1. The third-order valence-electron chi connectivity index (χ3n) is 3.16. The number of benzene rings is 2. The molecule has 21 heavy (non-hydrogen) atoms. The molecule has 0 aliphatic rings. The SMILES string of the molecule is Nc1cn(Cc2ccccc2)nc1-c1cc(F)ccc1F. The quantitative estimate of drug-likeness (QED) is 0.801. The Morgan fingerprint density at radius 3 is 2.57 bits per heavy atom. The van der Waals surface area contributed by atoms with Crippen molar-refractivity contribution in [1.82, 2.24) is 9.78 Å². The molecule has 106 valence electrons. The van der Waals surface area contributed by atoms with Gasteiger partial charge in [0.25, 0.3) is 0 Å². The number of nitrogen functional groups attached to an aromatic ring is 1. The molecule has 0 aliphatic carbocycles. The predicted molar refractivity (Wildman–Crippen MR) is 77.5 cm³/mol. The molecule has 0 saturated heterocycles. The van der Waals surface area contributed by atoms with Crippen LogP contribution in [0.1, 0.15) is 5.56 Å². The van der Waals surface area contributed by atoms with E-state index < -0.39 is 11.6 Å². The van der Waals surface area contributed by atoms with Crippen LogP contribution >= 0.6 is 0 Å². The molecule has 0 saturated carbocycles. The fourth-order valence-electron chi connectivity index (χ4n) is 2.18. The fraction of sp³-hybridized carbons (Fsp3) is 0.0625. The third-order valence-corrected chi connectivity index (χ3v) is 3.16. The average Bonchev–Trinajstić information content (AvgIpc) is 2.83. The summed E-state index contributed by atoms with van der Waals surface area (Å²) in [6.45, 7) is 0.516. The molecule has 1 aromatic heterocycles. The Hall–Kier alpha value is -2.69. The Bertz CT molecular complexity index is 766. The highest BCUT2D eigenvalue weighted by molar-refractivity contribution is 5.72. The maximum absolute atomic E-state index is 13.8. The largest absolute Gasteiger partial charge is 0.396 e. The van der Waals surface area contributed by atoms with Crippen LogP contribution in [0.2, 0.25) is 0 Å². The lowest BCUT2D eigenvalue weighted by Crippen LogP contribution is -2.00. The van der Waals surface area contributed by atoms with Gasteiger partial charge in [0, 0.05) is 11.8 Å². The van der Waals surface area contributed by atoms with Gasteiger partial charge in [-0.15, -0.1) is 0 Å². The molecular formula is C16H13F2N3. The van der Waals surface area contributed by atoms with Crippen molar-refractivity contribution < 1.29 is 8.78 Å². The van der Waals surface area contributed by atoms with E-state index in [0.29, 0.717) is 12.2 Å². The van der Waals surface area contributed by atoms with Crippen molar-refractivity contribution >= 4 is 5.69 Å². The molecule has 0 unspecified atom stereocenters. The molecule has 0 radical (unpaired) electrons. The van der Waals surface area contributed by atoms with Crippen LogP contribution in [0.5, 0.6) is 0 Å². The van der Waals surface area contributed by atoms with Crippen molar-refractivity contribution in [3.05, 3.63) is 71.9 Å². The van der Waals surface area contributed by atoms with Crippen LogP contribution in [0, 0.1) is 11.6 Å². The zero-order chi connectivity index (χ0) is 14.8. The monoisotopic (exact) mass is 285 g/mol. The van der Waals surface area contributed by atoms with Gasteiger partial charge in [0.05, 0.1) is 12.2 Å². The van der Waals surface area contributed by atoms with Gasteiger partial charge in [0.15, 0.2) is 0 Å². The minimum Gasteiger partial charge on any atom is -0.396 e. The maximum atomic E-state index is 13.8. The number of nitrogens with zero attached hydrogens (tertiary/aromatic N) is 2. The minimum absolute atomic E-state index is 0.0688. The van der Waals surface area contributed by atoms with E-state index in [-0.39, 0.29) is 11.3 Å². The summed E-state index contributed by atoms with van der Waals surface area (Å²) in [4.78, 5) is 0. The highest BCUT2D eigenvalue weighted by Gasteiger charge is 2.14. The topological polar surface area (TPSA) is 43.8 Å². The second-order valence-electron chi connectivity index (χ2n) is 4.74. The summed E-state index contributed by atoms with van der Waals surface area (Å²) >= 11 is 0. The predicted octanol–water partition coefficient (Wildman–Crippen LogP) is 3.46. The number of rotatable bonds is 3. The van der Waals surface area contributed by atoms with Crippen LogP contribution in [-0.2, 0) is 6.54 Å². The summed E-state index contributed by atoms with van der Waals surface area (Å²) in [6.07, 6.45) is 1.62. The Morgan fingerprint density at radius 1 is 1.05 bits per heavy atom. The molecule has 0 fully saturated rings. The summed E-state index contributed by atoms with van der Waals surface area (Å²) < 4.78 is 28.7. The Kier molecular flexibility index (Phi) is 3.39. The molecular weight excluding hydrogens is 272 g/mol. The molecule has 3 aromatic rings.